The van der Waals surface area contributed by atoms with Crippen molar-refractivity contribution in [3.05, 3.63) is 40.4 Å². The number of aromatic nitrogens is 3. The predicted octanol–water partition coefficient (Wildman–Crippen LogP) is 4.30. The third kappa shape index (κ3) is 2.51. The van der Waals surface area contributed by atoms with Gasteiger partial charge in [0.25, 0.3) is 0 Å². The molecule has 0 aliphatic rings. The average Bonchev–Trinajstić information content (AvgIpc) is 2.89. The zero-order chi connectivity index (χ0) is 16.7. The van der Waals surface area contributed by atoms with Crippen LogP contribution in [0.5, 0.6) is 5.75 Å². The van der Waals surface area contributed by atoms with Crippen molar-refractivity contribution in [2.75, 3.05) is 12.4 Å². The highest BCUT2D eigenvalue weighted by molar-refractivity contribution is 6.33. The first kappa shape index (κ1) is 15.6. The van der Waals surface area contributed by atoms with Crippen molar-refractivity contribution in [3.63, 3.8) is 0 Å². The van der Waals surface area contributed by atoms with Crippen LogP contribution < -0.4 is 10.1 Å². The standard InChI is InChI=1S/C17H19ClN4O/c1-9-6-7-12(23-5)10(2)13(9)21-15-14-16(22(4)8-19-14)11(3)20-17(15)18/h6-8,21H,1-5H3. The summed E-state index contributed by atoms with van der Waals surface area (Å²) in [5.41, 5.74) is 6.43. The number of imidazole rings is 1. The number of pyridine rings is 1. The summed E-state index contributed by atoms with van der Waals surface area (Å²) < 4.78 is 7.36. The number of ether oxygens (including phenoxy) is 1. The first-order valence-electron chi connectivity index (χ1n) is 7.32. The maximum atomic E-state index is 6.39. The number of halogens is 1. The third-order valence-corrected chi connectivity index (χ3v) is 4.36. The highest BCUT2D eigenvalue weighted by Crippen LogP contribution is 2.36. The molecule has 0 aliphatic carbocycles. The SMILES string of the molecule is COc1ccc(C)c(Nc2c(Cl)nc(C)c3c2ncn3C)c1C. The van der Waals surface area contributed by atoms with Crippen LogP contribution in [-0.4, -0.2) is 21.6 Å². The van der Waals surface area contributed by atoms with E-state index in [1.807, 2.05) is 44.5 Å². The van der Waals surface area contributed by atoms with E-state index in [0.717, 1.165) is 39.3 Å². The summed E-state index contributed by atoms with van der Waals surface area (Å²) in [5.74, 6) is 0.826. The van der Waals surface area contributed by atoms with Gasteiger partial charge in [-0.25, -0.2) is 9.97 Å². The van der Waals surface area contributed by atoms with Crippen LogP contribution in [0.25, 0.3) is 11.0 Å². The topological polar surface area (TPSA) is 52.0 Å². The van der Waals surface area contributed by atoms with Gasteiger partial charge in [-0.3, -0.25) is 0 Å². The Morgan fingerprint density at radius 3 is 2.61 bits per heavy atom. The molecule has 5 nitrogen and oxygen atoms in total. The molecule has 0 amide bonds. The lowest BCUT2D eigenvalue weighted by Gasteiger charge is -2.17. The Kier molecular flexibility index (Phi) is 3.90. The maximum absolute atomic E-state index is 6.39. The summed E-state index contributed by atoms with van der Waals surface area (Å²) in [5, 5.41) is 3.83. The molecule has 0 fully saturated rings. The minimum absolute atomic E-state index is 0.412. The fourth-order valence-corrected chi connectivity index (χ4v) is 3.13. The molecule has 6 heteroatoms. The van der Waals surface area contributed by atoms with E-state index in [0.29, 0.717) is 10.8 Å². The van der Waals surface area contributed by atoms with Crippen LogP contribution in [0, 0.1) is 20.8 Å². The number of fused-ring (bicyclic) bond motifs is 1. The molecule has 0 aliphatic heterocycles. The minimum Gasteiger partial charge on any atom is -0.496 e. The summed E-state index contributed by atoms with van der Waals surface area (Å²) in [6, 6.07) is 3.97. The smallest absolute Gasteiger partial charge is 0.155 e. The zero-order valence-electron chi connectivity index (χ0n) is 13.9. The van der Waals surface area contributed by atoms with Crippen molar-refractivity contribution in [2.45, 2.75) is 20.8 Å². The number of methoxy groups -OCH3 is 1. The number of hydrogen-bond acceptors (Lipinski definition) is 4. The van der Waals surface area contributed by atoms with Crippen LogP contribution in [0.15, 0.2) is 18.5 Å². The minimum atomic E-state index is 0.412. The van der Waals surface area contributed by atoms with E-state index in [4.69, 9.17) is 16.3 Å². The van der Waals surface area contributed by atoms with Gasteiger partial charge in [-0.1, -0.05) is 17.7 Å². The van der Waals surface area contributed by atoms with Gasteiger partial charge in [0.1, 0.15) is 17.0 Å². The van der Waals surface area contributed by atoms with E-state index in [2.05, 4.69) is 15.3 Å². The molecule has 1 N–H and O–H groups in total. The zero-order valence-corrected chi connectivity index (χ0v) is 14.6. The van der Waals surface area contributed by atoms with Crippen LogP contribution in [0.2, 0.25) is 5.15 Å². The Morgan fingerprint density at radius 1 is 1.17 bits per heavy atom. The number of nitrogens with one attached hydrogen (secondary N) is 1. The second-order valence-electron chi connectivity index (χ2n) is 5.63. The molecule has 3 rings (SSSR count). The number of rotatable bonds is 3. The number of hydrogen-bond donors (Lipinski definition) is 1. The molecular weight excluding hydrogens is 312 g/mol. The summed E-state index contributed by atoms with van der Waals surface area (Å²) in [6.45, 7) is 5.99. The van der Waals surface area contributed by atoms with Gasteiger partial charge in [-0.05, 0) is 32.4 Å². The van der Waals surface area contributed by atoms with E-state index in [-0.39, 0.29) is 0 Å². The second kappa shape index (κ2) is 5.74. The molecule has 0 unspecified atom stereocenters. The molecule has 0 spiro atoms. The second-order valence-corrected chi connectivity index (χ2v) is 5.98. The molecule has 0 radical (unpaired) electrons. The largest absolute Gasteiger partial charge is 0.496 e. The summed E-state index contributed by atoms with van der Waals surface area (Å²) >= 11 is 6.39. The van der Waals surface area contributed by atoms with Crippen molar-refractivity contribution in [2.24, 2.45) is 7.05 Å². The van der Waals surface area contributed by atoms with Crippen molar-refractivity contribution in [1.29, 1.82) is 0 Å². The molecule has 23 heavy (non-hydrogen) atoms. The lowest BCUT2D eigenvalue weighted by atomic mass is 10.1. The van der Waals surface area contributed by atoms with Gasteiger partial charge in [-0.2, -0.15) is 0 Å². The van der Waals surface area contributed by atoms with E-state index in [1.54, 1.807) is 13.4 Å². The Balaban J connectivity index is 2.20. The Bertz CT molecular complexity index is 901. The van der Waals surface area contributed by atoms with Crippen LogP contribution >= 0.6 is 11.6 Å². The van der Waals surface area contributed by atoms with Crippen molar-refractivity contribution in [1.82, 2.24) is 14.5 Å². The third-order valence-electron chi connectivity index (χ3n) is 4.08. The Hall–Kier alpha value is -2.27. The van der Waals surface area contributed by atoms with E-state index >= 15 is 0 Å². The highest BCUT2D eigenvalue weighted by Gasteiger charge is 2.17. The fourth-order valence-electron chi connectivity index (χ4n) is 2.87. The molecule has 0 bridgehead atoms. The normalized spacial score (nSPS) is 11.0. The van der Waals surface area contributed by atoms with Gasteiger partial charge in [0, 0.05) is 18.3 Å². The van der Waals surface area contributed by atoms with Gasteiger partial charge in [-0.15, -0.1) is 0 Å². The molecule has 0 atom stereocenters. The molecule has 2 heterocycles. The van der Waals surface area contributed by atoms with Gasteiger partial charge in [0.2, 0.25) is 0 Å². The number of aryl methyl sites for hydroxylation is 3. The molecular formula is C17H19ClN4O. The molecule has 0 saturated heterocycles. The van der Waals surface area contributed by atoms with Crippen LogP contribution in [0.3, 0.4) is 0 Å². The van der Waals surface area contributed by atoms with Crippen molar-refractivity contribution >= 4 is 34.0 Å². The van der Waals surface area contributed by atoms with Crippen LogP contribution in [-0.2, 0) is 7.05 Å². The number of anilines is 2. The molecule has 2 aromatic heterocycles. The van der Waals surface area contributed by atoms with Crippen molar-refractivity contribution in [3.8, 4) is 5.75 Å². The van der Waals surface area contributed by atoms with E-state index in [1.165, 1.54) is 0 Å². The maximum Gasteiger partial charge on any atom is 0.155 e. The van der Waals surface area contributed by atoms with Crippen LogP contribution in [0.1, 0.15) is 16.8 Å². The first-order chi connectivity index (χ1) is 10.9. The summed E-state index contributed by atoms with van der Waals surface area (Å²) in [7, 11) is 3.61. The number of nitrogens with zero attached hydrogens (tertiary/aromatic N) is 3. The van der Waals surface area contributed by atoms with Gasteiger partial charge in [0.15, 0.2) is 5.15 Å². The van der Waals surface area contributed by atoms with Gasteiger partial charge >= 0.3 is 0 Å². The average molecular weight is 331 g/mol. The fraction of sp³-hybridized carbons (Fsp3) is 0.294. The Morgan fingerprint density at radius 2 is 1.91 bits per heavy atom. The Labute approximate surface area is 140 Å². The summed E-state index contributed by atoms with van der Waals surface area (Å²) in [6.07, 6.45) is 1.77. The lowest BCUT2D eigenvalue weighted by molar-refractivity contribution is 0.412. The summed E-state index contributed by atoms with van der Waals surface area (Å²) in [4.78, 5) is 8.93. The van der Waals surface area contributed by atoms with Gasteiger partial charge < -0.3 is 14.6 Å². The molecule has 0 saturated carbocycles. The van der Waals surface area contributed by atoms with Gasteiger partial charge in [0.05, 0.1) is 24.6 Å². The van der Waals surface area contributed by atoms with E-state index in [9.17, 15) is 0 Å². The quantitative estimate of drug-likeness (QED) is 0.727. The predicted molar refractivity (Wildman–Crippen MR) is 94.0 cm³/mol. The van der Waals surface area contributed by atoms with E-state index < -0.39 is 0 Å². The monoisotopic (exact) mass is 330 g/mol. The lowest BCUT2D eigenvalue weighted by Crippen LogP contribution is -2.02. The molecule has 3 aromatic rings. The highest BCUT2D eigenvalue weighted by atomic mass is 35.5. The first-order valence-corrected chi connectivity index (χ1v) is 7.70. The molecule has 1 aromatic carbocycles. The molecule has 120 valence electrons. The number of benzene rings is 1. The van der Waals surface area contributed by atoms with Crippen molar-refractivity contribution < 1.29 is 4.74 Å². The van der Waals surface area contributed by atoms with Crippen LogP contribution in [0.4, 0.5) is 11.4 Å².